The Morgan fingerprint density at radius 2 is 2.27 bits per heavy atom. The molecule has 0 unspecified atom stereocenters. The highest BCUT2D eigenvalue weighted by atomic mass is 16.3. The second-order valence-corrected chi connectivity index (χ2v) is 4.47. The molecule has 0 radical (unpaired) electrons. The third-order valence-corrected chi connectivity index (χ3v) is 3.13. The average molecular weight is 205 g/mol. The molecule has 2 atom stereocenters. The summed E-state index contributed by atoms with van der Waals surface area (Å²) in [5, 5.41) is 13.1. The number of hydrogen-bond donors (Lipinski definition) is 2. The second kappa shape index (κ2) is 4.77. The molecule has 0 aliphatic heterocycles. The molecule has 0 amide bonds. The molecule has 1 aromatic carbocycles. The van der Waals surface area contributed by atoms with E-state index < -0.39 is 0 Å². The number of aliphatic hydroxyl groups excluding tert-OH is 1. The normalized spacial score (nSPS) is 25.7. The first-order valence-electron chi connectivity index (χ1n) is 5.73. The quantitative estimate of drug-likeness (QED) is 0.791. The lowest BCUT2D eigenvalue weighted by molar-refractivity contribution is 0.148. The van der Waals surface area contributed by atoms with E-state index in [0.29, 0.717) is 6.04 Å². The van der Waals surface area contributed by atoms with Gasteiger partial charge in [-0.15, -0.1) is 0 Å². The van der Waals surface area contributed by atoms with Crippen molar-refractivity contribution in [3.05, 3.63) is 35.4 Å². The fraction of sp³-hybridized carbons (Fsp3) is 0.538. The van der Waals surface area contributed by atoms with Crippen LogP contribution in [-0.2, 0) is 6.54 Å². The molecule has 0 saturated heterocycles. The van der Waals surface area contributed by atoms with E-state index in [0.717, 1.165) is 25.8 Å². The van der Waals surface area contributed by atoms with Crippen molar-refractivity contribution in [2.24, 2.45) is 0 Å². The molecular formula is C13H19NO. The molecular weight excluding hydrogens is 186 g/mol. The van der Waals surface area contributed by atoms with E-state index in [4.69, 9.17) is 0 Å². The van der Waals surface area contributed by atoms with Gasteiger partial charge in [0.15, 0.2) is 0 Å². The van der Waals surface area contributed by atoms with Gasteiger partial charge in [0.25, 0.3) is 0 Å². The summed E-state index contributed by atoms with van der Waals surface area (Å²) in [4.78, 5) is 0. The maximum atomic E-state index is 9.66. The Kier molecular flexibility index (Phi) is 3.39. The van der Waals surface area contributed by atoms with E-state index in [1.807, 2.05) is 0 Å². The first-order valence-corrected chi connectivity index (χ1v) is 5.73. The Labute approximate surface area is 91.3 Å². The number of benzene rings is 1. The molecule has 1 fully saturated rings. The summed E-state index contributed by atoms with van der Waals surface area (Å²) in [6.07, 6.45) is 3.06. The summed E-state index contributed by atoms with van der Waals surface area (Å²) in [6, 6.07) is 8.80. The van der Waals surface area contributed by atoms with E-state index in [9.17, 15) is 5.11 Å². The van der Waals surface area contributed by atoms with E-state index in [1.54, 1.807) is 0 Å². The van der Waals surface area contributed by atoms with Gasteiger partial charge >= 0.3 is 0 Å². The molecule has 82 valence electrons. The van der Waals surface area contributed by atoms with Crippen LogP contribution in [0.25, 0.3) is 0 Å². The molecule has 1 aliphatic carbocycles. The number of rotatable bonds is 3. The third-order valence-electron chi connectivity index (χ3n) is 3.13. The Hall–Kier alpha value is -0.860. The van der Waals surface area contributed by atoms with Crippen LogP contribution in [0.2, 0.25) is 0 Å². The van der Waals surface area contributed by atoms with Crippen molar-refractivity contribution in [1.82, 2.24) is 5.32 Å². The summed E-state index contributed by atoms with van der Waals surface area (Å²) in [7, 11) is 0. The van der Waals surface area contributed by atoms with Gasteiger partial charge in [-0.2, -0.15) is 0 Å². The van der Waals surface area contributed by atoms with Crippen LogP contribution in [0.1, 0.15) is 30.4 Å². The van der Waals surface area contributed by atoms with Gasteiger partial charge in [-0.25, -0.2) is 0 Å². The second-order valence-electron chi connectivity index (χ2n) is 4.47. The predicted molar refractivity (Wildman–Crippen MR) is 61.7 cm³/mol. The molecule has 1 aromatic rings. The van der Waals surface area contributed by atoms with Crippen LogP contribution in [0.3, 0.4) is 0 Å². The molecule has 2 N–H and O–H groups in total. The minimum atomic E-state index is -0.144. The van der Waals surface area contributed by atoms with Crippen LogP contribution in [0.5, 0.6) is 0 Å². The molecule has 0 heterocycles. The highest BCUT2D eigenvalue weighted by Gasteiger charge is 2.24. The van der Waals surface area contributed by atoms with Crippen LogP contribution < -0.4 is 5.32 Å². The summed E-state index contributed by atoms with van der Waals surface area (Å²) < 4.78 is 0. The van der Waals surface area contributed by atoms with Crippen LogP contribution in [0, 0.1) is 6.92 Å². The Morgan fingerprint density at radius 3 is 2.93 bits per heavy atom. The van der Waals surface area contributed by atoms with Crippen molar-refractivity contribution in [1.29, 1.82) is 0 Å². The summed E-state index contributed by atoms with van der Waals surface area (Å²) in [6.45, 7) is 2.97. The van der Waals surface area contributed by atoms with Crippen molar-refractivity contribution in [3.63, 3.8) is 0 Å². The minimum Gasteiger partial charge on any atom is -0.392 e. The molecule has 0 aromatic heterocycles. The third kappa shape index (κ3) is 2.80. The number of aliphatic hydroxyl groups is 1. The van der Waals surface area contributed by atoms with Gasteiger partial charge in [0, 0.05) is 12.6 Å². The van der Waals surface area contributed by atoms with E-state index in [2.05, 4.69) is 36.5 Å². The summed E-state index contributed by atoms with van der Waals surface area (Å²) in [5.74, 6) is 0. The average Bonchev–Trinajstić information content (AvgIpc) is 2.61. The molecule has 2 heteroatoms. The molecule has 1 aliphatic rings. The lowest BCUT2D eigenvalue weighted by Crippen LogP contribution is -2.35. The van der Waals surface area contributed by atoms with Gasteiger partial charge in [-0.1, -0.05) is 29.8 Å². The maximum Gasteiger partial charge on any atom is 0.0693 e. The standard InChI is InChI=1S/C13H19NO/c1-10-4-2-5-11(8-10)9-14-12-6-3-7-13(12)15/h2,4-5,8,12-15H,3,6-7,9H2,1H3/t12-,13-/m0/s1. The lowest BCUT2D eigenvalue weighted by atomic mass is 10.1. The van der Waals surface area contributed by atoms with Crippen LogP contribution in [0.4, 0.5) is 0 Å². The van der Waals surface area contributed by atoms with Crippen molar-refractivity contribution >= 4 is 0 Å². The highest BCUT2D eigenvalue weighted by Crippen LogP contribution is 2.19. The Balaban J connectivity index is 1.87. The topological polar surface area (TPSA) is 32.3 Å². The molecule has 15 heavy (non-hydrogen) atoms. The molecule has 2 nitrogen and oxygen atoms in total. The molecule has 1 saturated carbocycles. The van der Waals surface area contributed by atoms with Gasteiger partial charge < -0.3 is 10.4 Å². The van der Waals surface area contributed by atoms with Gasteiger partial charge in [0.2, 0.25) is 0 Å². The number of aryl methyl sites for hydroxylation is 1. The number of nitrogens with one attached hydrogen (secondary N) is 1. The first-order chi connectivity index (χ1) is 7.25. The summed E-state index contributed by atoms with van der Waals surface area (Å²) in [5.41, 5.74) is 2.59. The molecule has 2 rings (SSSR count). The Morgan fingerprint density at radius 1 is 1.40 bits per heavy atom. The minimum absolute atomic E-state index is 0.144. The largest absolute Gasteiger partial charge is 0.392 e. The Bertz CT molecular complexity index is 324. The maximum absolute atomic E-state index is 9.66. The molecule has 0 bridgehead atoms. The van der Waals surface area contributed by atoms with E-state index in [-0.39, 0.29) is 6.10 Å². The highest BCUT2D eigenvalue weighted by molar-refractivity contribution is 5.22. The van der Waals surface area contributed by atoms with Gasteiger partial charge in [0.05, 0.1) is 6.10 Å². The van der Waals surface area contributed by atoms with Crippen LogP contribution in [0.15, 0.2) is 24.3 Å². The monoisotopic (exact) mass is 205 g/mol. The smallest absolute Gasteiger partial charge is 0.0693 e. The first kappa shape index (κ1) is 10.7. The van der Waals surface area contributed by atoms with Crippen molar-refractivity contribution in [3.8, 4) is 0 Å². The number of hydrogen-bond acceptors (Lipinski definition) is 2. The van der Waals surface area contributed by atoms with Crippen molar-refractivity contribution in [2.45, 2.75) is 44.9 Å². The van der Waals surface area contributed by atoms with Crippen molar-refractivity contribution < 1.29 is 5.11 Å². The summed E-state index contributed by atoms with van der Waals surface area (Å²) >= 11 is 0. The van der Waals surface area contributed by atoms with Crippen LogP contribution >= 0.6 is 0 Å². The SMILES string of the molecule is Cc1cccc(CN[C@H]2CCC[C@@H]2O)c1. The van der Waals surface area contributed by atoms with Crippen LogP contribution in [-0.4, -0.2) is 17.3 Å². The van der Waals surface area contributed by atoms with Crippen molar-refractivity contribution in [2.75, 3.05) is 0 Å². The zero-order chi connectivity index (χ0) is 10.7. The van der Waals surface area contributed by atoms with E-state index >= 15 is 0 Å². The predicted octanol–water partition coefficient (Wildman–Crippen LogP) is 2.00. The zero-order valence-corrected chi connectivity index (χ0v) is 9.24. The lowest BCUT2D eigenvalue weighted by Gasteiger charge is -2.16. The zero-order valence-electron chi connectivity index (χ0n) is 9.24. The fourth-order valence-corrected chi connectivity index (χ4v) is 2.25. The molecule has 0 spiro atoms. The van der Waals surface area contributed by atoms with Gasteiger partial charge in [-0.05, 0) is 31.7 Å². The van der Waals surface area contributed by atoms with Gasteiger partial charge in [-0.3, -0.25) is 0 Å². The van der Waals surface area contributed by atoms with E-state index in [1.165, 1.54) is 11.1 Å². The fourth-order valence-electron chi connectivity index (χ4n) is 2.25. The van der Waals surface area contributed by atoms with Gasteiger partial charge in [0.1, 0.15) is 0 Å².